The molecule has 0 amide bonds. The molecule has 0 saturated heterocycles. The fourth-order valence-electron chi connectivity index (χ4n) is 7.42. The molecule has 0 bridgehead atoms. The first-order valence-corrected chi connectivity index (χ1v) is 24.0. The molecule has 0 aromatic rings. The zero-order valence-corrected chi connectivity index (χ0v) is 36.2. The van der Waals surface area contributed by atoms with Crippen LogP contribution in [0.25, 0.3) is 0 Å². The van der Waals surface area contributed by atoms with Crippen LogP contribution in [0, 0.1) is 5.92 Å². The van der Waals surface area contributed by atoms with Crippen LogP contribution in [0.1, 0.15) is 271 Å². The summed E-state index contributed by atoms with van der Waals surface area (Å²) in [5, 5.41) is 9.60. The van der Waals surface area contributed by atoms with Crippen molar-refractivity contribution in [1.82, 2.24) is 0 Å². The Labute approximate surface area is 331 Å². The van der Waals surface area contributed by atoms with Gasteiger partial charge in [-0.05, 0) is 18.8 Å². The van der Waals surface area contributed by atoms with Crippen molar-refractivity contribution in [2.75, 3.05) is 13.2 Å². The summed E-state index contributed by atoms with van der Waals surface area (Å²) in [6.07, 6.45) is 48.9. The van der Waals surface area contributed by atoms with Gasteiger partial charge >= 0.3 is 11.9 Å². The van der Waals surface area contributed by atoms with Crippen LogP contribution < -0.4 is 0 Å². The number of carbonyl (C=O) groups excluding carboxylic acids is 2. The van der Waals surface area contributed by atoms with E-state index in [1.807, 2.05) is 0 Å². The van der Waals surface area contributed by atoms with Gasteiger partial charge in [-0.15, -0.1) is 0 Å². The minimum Gasteiger partial charge on any atom is -0.462 e. The van der Waals surface area contributed by atoms with Gasteiger partial charge in [0.2, 0.25) is 0 Å². The van der Waals surface area contributed by atoms with Crippen LogP contribution in [0.2, 0.25) is 0 Å². The van der Waals surface area contributed by atoms with E-state index in [2.05, 4.69) is 20.8 Å². The Hall–Kier alpha value is -1.10. The highest BCUT2D eigenvalue weighted by Gasteiger charge is 2.16. The van der Waals surface area contributed by atoms with Gasteiger partial charge in [-0.1, -0.05) is 245 Å². The van der Waals surface area contributed by atoms with Crippen molar-refractivity contribution in [2.45, 2.75) is 277 Å². The number of hydrogen-bond donors (Lipinski definition) is 1. The van der Waals surface area contributed by atoms with Crippen LogP contribution in [0.4, 0.5) is 0 Å². The van der Waals surface area contributed by atoms with E-state index < -0.39 is 6.10 Å². The van der Waals surface area contributed by atoms with Crippen molar-refractivity contribution in [2.24, 2.45) is 5.92 Å². The molecule has 0 aromatic carbocycles. The maximum Gasteiger partial charge on any atom is 0.306 e. The fourth-order valence-corrected chi connectivity index (χ4v) is 7.42. The maximum atomic E-state index is 12.2. The van der Waals surface area contributed by atoms with Crippen molar-refractivity contribution in [3.05, 3.63) is 0 Å². The van der Waals surface area contributed by atoms with Gasteiger partial charge in [0.1, 0.15) is 6.61 Å². The number of esters is 2. The Balaban J connectivity index is 3.44. The van der Waals surface area contributed by atoms with Gasteiger partial charge < -0.3 is 14.6 Å². The second-order valence-corrected chi connectivity index (χ2v) is 16.8. The standard InChI is InChI=1S/C48H94O5/c1-4-6-7-8-9-10-11-12-13-16-20-23-26-29-32-35-38-41-47(50)52-44-46(43-49)53-48(51)42-39-36-33-30-27-24-21-18-15-14-17-19-22-25-28-31-34-37-40-45(3)5-2/h45-46,49H,4-44H2,1-3H3/t45?,46-/m0/s1. The molecule has 0 spiro atoms. The normalized spacial score (nSPS) is 12.6. The molecule has 0 rings (SSSR count). The number of ether oxygens (including phenoxy) is 2. The monoisotopic (exact) mass is 751 g/mol. The van der Waals surface area contributed by atoms with E-state index in [-0.39, 0.29) is 25.2 Å². The quantitative estimate of drug-likeness (QED) is 0.0496. The zero-order valence-electron chi connectivity index (χ0n) is 36.2. The molecule has 0 fully saturated rings. The highest BCUT2D eigenvalue weighted by molar-refractivity contribution is 5.70. The van der Waals surface area contributed by atoms with Crippen LogP contribution in [0.15, 0.2) is 0 Å². The number of aliphatic hydroxyl groups is 1. The van der Waals surface area contributed by atoms with Crippen molar-refractivity contribution in [3.8, 4) is 0 Å². The molecule has 0 aliphatic rings. The Morgan fingerprint density at radius 2 is 0.736 bits per heavy atom. The highest BCUT2D eigenvalue weighted by Crippen LogP contribution is 2.18. The summed E-state index contributed by atoms with van der Waals surface area (Å²) >= 11 is 0. The molecule has 0 radical (unpaired) electrons. The minimum atomic E-state index is -0.763. The summed E-state index contributed by atoms with van der Waals surface area (Å²) < 4.78 is 10.7. The second kappa shape index (κ2) is 43.6. The summed E-state index contributed by atoms with van der Waals surface area (Å²) in [4.78, 5) is 24.4. The van der Waals surface area contributed by atoms with Crippen molar-refractivity contribution < 1.29 is 24.2 Å². The lowest BCUT2D eigenvalue weighted by Crippen LogP contribution is -2.28. The molecule has 5 nitrogen and oxygen atoms in total. The van der Waals surface area contributed by atoms with E-state index in [0.29, 0.717) is 12.8 Å². The van der Waals surface area contributed by atoms with E-state index >= 15 is 0 Å². The summed E-state index contributed by atoms with van der Waals surface area (Å²) in [7, 11) is 0. The average molecular weight is 751 g/mol. The summed E-state index contributed by atoms with van der Waals surface area (Å²) in [5.41, 5.74) is 0. The van der Waals surface area contributed by atoms with E-state index in [9.17, 15) is 14.7 Å². The van der Waals surface area contributed by atoms with Crippen LogP contribution in [-0.4, -0.2) is 36.4 Å². The minimum absolute atomic E-state index is 0.0567. The molecule has 53 heavy (non-hydrogen) atoms. The first kappa shape index (κ1) is 51.9. The number of rotatable bonds is 44. The largest absolute Gasteiger partial charge is 0.462 e. The zero-order chi connectivity index (χ0) is 38.7. The lowest BCUT2D eigenvalue weighted by Gasteiger charge is -2.15. The molecule has 5 heteroatoms. The maximum absolute atomic E-state index is 12.2. The van der Waals surface area contributed by atoms with Crippen molar-refractivity contribution >= 4 is 11.9 Å². The van der Waals surface area contributed by atoms with Gasteiger partial charge in [0.15, 0.2) is 6.10 Å². The number of aliphatic hydroxyl groups excluding tert-OH is 1. The van der Waals surface area contributed by atoms with Crippen LogP contribution in [-0.2, 0) is 19.1 Å². The van der Waals surface area contributed by atoms with E-state index in [4.69, 9.17) is 9.47 Å². The molecule has 0 aliphatic heterocycles. The molecular formula is C48H94O5. The summed E-state index contributed by atoms with van der Waals surface area (Å²) in [5.74, 6) is 0.346. The highest BCUT2D eigenvalue weighted by atomic mass is 16.6. The van der Waals surface area contributed by atoms with Crippen LogP contribution in [0.3, 0.4) is 0 Å². The number of hydrogen-bond acceptors (Lipinski definition) is 5. The molecule has 0 saturated carbocycles. The Bertz CT molecular complexity index is 739. The lowest BCUT2D eigenvalue weighted by atomic mass is 9.99. The fraction of sp³-hybridized carbons (Fsp3) is 0.958. The molecule has 2 atom stereocenters. The van der Waals surface area contributed by atoms with Crippen LogP contribution >= 0.6 is 0 Å². The van der Waals surface area contributed by atoms with Crippen LogP contribution in [0.5, 0.6) is 0 Å². The van der Waals surface area contributed by atoms with Gasteiger partial charge in [-0.25, -0.2) is 0 Å². The number of carbonyl (C=O) groups is 2. The third-order valence-corrected chi connectivity index (χ3v) is 11.4. The van der Waals surface area contributed by atoms with E-state index in [1.54, 1.807) is 0 Å². The van der Waals surface area contributed by atoms with Gasteiger partial charge in [0, 0.05) is 12.8 Å². The predicted molar refractivity (Wildman–Crippen MR) is 228 cm³/mol. The molecule has 1 N–H and O–H groups in total. The third-order valence-electron chi connectivity index (χ3n) is 11.4. The summed E-state index contributed by atoms with van der Waals surface area (Å²) in [6, 6.07) is 0. The molecule has 1 unspecified atom stereocenters. The van der Waals surface area contributed by atoms with Gasteiger partial charge in [0.05, 0.1) is 6.61 Å². The van der Waals surface area contributed by atoms with E-state index in [1.165, 1.54) is 205 Å². The van der Waals surface area contributed by atoms with Gasteiger partial charge in [0.25, 0.3) is 0 Å². The molecule has 316 valence electrons. The average Bonchev–Trinajstić information content (AvgIpc) is 3.16. The lowest BCUT2D eigenvalue weighted by molar-refractivity contribution is -0.161. The Morgan fingerprint density at radius 1 is 0.434 bits per heavy atom. The predicted octanol–water partition coefficient (Wildman–Crippen LogP) is 15.3. The van der Waals surface area contributed by atoms with Crippen molar-refractivity contribution in [1.29, 1.82) is 0 Å². The smallest absolute Gasteiger partial charge is 0.306 e. The topological polar surface area (TPSA) is 72.8 Å². The summed E-state index contributed by atoms with van der Waals surface area (Å²) in [6.45, 7) is 6.59. The number of unbranched alkanes of at least 4 members (excludes halogenated alkanes) is 33. The molecular weight excluding hydrogens is 657 g/mol. The first-order chi connectivity index (χ1) is 26.0. The first-order valence-electron chi connectivity index (χ1n) is 24.0. The molecule has 0 aromatic heterocycles. The molecule has 0 aliphatic carbocycles. The van der Waals surface area contributed by atoms with E-state index in [0.717, 1.165) is 38.0 Å². The van der Waals surface area contributed by atoms with Gasteiger partial charge in [-0.2, -0.15) is 0 Å². The third kappa shape index (κ3) is 41.9. The second-order valence-electron chi connectivity index (χ2n) is 16.8. The Morgan fingerprint density at radius 3 is 1.06 bits per heavy atom. The molecule has 0 heterocycles. The SMILES string of the molecule is CCCCCCCCCCCCCCCCCCCC(=O)OC[C@H](CO)OC(=O)CCCCCCCCCCCCCCCCCCCCC(C)CC. The van der Waals surface area contributed by atoms with Gasteiger partial charge in [-0.3, -0.25) is 9.59 Å². The Kier molecular flexibility index (Phi) is 42.7. The van der Waals surface area contributed by atoms with Crippen molar-refractivity contribution in [3.63, 3.8) is 0 Å².